The van der Waals surface area contributed by atoms with Crippen molar-refractivity contribution in [3.63, 3.8) is 0 Å². The zero-order valence-electron chi connectivity index (χ0n) is 12.8. The van der Waals surface area contributed by atoms with Gasteiger partial charge in [0.25, 0.3) is 5.91 Å². The molecule has 0 saturated heterocycles. The fraction of sp³-hybridized carbons (Fsp3) is 0.235. The van der Waals surface area contributed by atoms with E-state index in [0.29, 0.717) is 10.8 Å². The number of nitrogens with one attached hydrogen (secondary N) is 1. The minimum absolute atomic E-state index is 0.0675. The summed E-state index contributed by atoms with van der Waals surface area (Å²) < 4.78 is 11.5. The third-order valence-electron chi connectivity index (χ3n) is 3.22. The van der Waals surface area contributed by atoms with Crippen LogP contribution in [0.15, 0.2) is 46.9 Å². The van der Waals surface area contributed by atoms with Gasteiger partial charge in [0.1, 0.15) is 11.5 Å². The summed E-state index contributed by atoms with van der Waals surface area (Å²) in [6, 6.07) is 12.5. The fourth-order valence-corrected chi connectivity index (χ4v) is 2.76. The van der Waals surface area contributed by atoms with Crippen molar-refractivity contribution in [1.82, 2.24) is 5.32 Å². The Morgan fingerprint density at radius 1 is 1.30 bits per heavy atom. The van der Waals surface area contributed by atoms with Crippen LogP contribution < -0.4 is 14.8 Å². The number of hydrogen-bond donors (Lipinski definition) is 1. The van der Waals surface area contributed by atoms with Gasteiger partial charge in [-0.25, -0.2) is 0 Å². The van der Waals surface area contributed by atoms with Crippen molar-refractivity contribution in [2.45, 2.75) is 13.0 Å². The van der Waals surface area contributed by atoms with E-state index in [-0.39, 0.29) is 18.6 Å². The van der Waals surface area contributed by atoms with E-state index in [9.17, 15) is 4.79 Å². The van der Waals surface area contributed by atoms with Crippen molar-refractivity contribution in [1.29, 1.82) is 0 Å². The second-order valence-electron chi connectivity index (χ2n) is 4.93. The highest BCUT2D eigenvalue weighted by molar-refractivity contribution is 9.10. The summed E-state index contributed by atoms with van der Waals surface area (Å²) in [7, 11) is 1.61. The number of halogens is 2. The monoisotopic (exact) mass is 397 g/mol. The lowest BCUT2D eigenvalue weighted by molar-refractivity contribution is -0.123. The maximum atomic E-state index is 12.0. The number of rotatable bonds is 6. The quantitative estimate of drug-likeness (QED) is 0.786. The van der Waals surface area contributed by atoms with Crippen LogP contribution in [-0.2, 0) is 4.79 Å². The van der Waals surface area contributed by atoms with E-state index in [2.05, 4.69) is 21.2 Å². The van der Waals surface area contributed by atoms with Crippen LogP contribution in [0.2, 0.25) is 5.02 Å². The van der Waals surface area contributed by atoms with Crippen molar-refractivity contribution < 1.29 is 14.3 Å². The lowest BCUT2D eigenvalue weighted by atomic mass is 10.1. The second kappa shape index (κ2) is 8.22. The molecule has 6 heteroatoms. The summed E-state index contributed by atoms with van der Waals surface area (Å²) in [5, 5.41) is 3.46. The Balaban J connectivity index is 1.90. The minimum atomic E-state index is -0.204. The number of benzene rings is 2. The molecule has 1 amide bonds. The number of amides is 1. The van der Waals surface area contributed by atoms with Gasteiger partial charge in [0.15, 0.2) is 6.61 Å². The largest absolute Gasteiger partial charge is 0.496 e. The maximum absolute atomic E-state index is 12.0. The second-order valence-corrected chi connectivity index (χ2v) is 6.22. The third kappa shape index (κ3) is 5.15. The van der Waals surface area contributed by atoms with Gasteiger partial charge in [0, 0.05) is 5.02 Å². The Kier molecular flexibility index (Phi) is 6.30. The Morgan fingerprint density at radius 3 is 2.74 bits per heavy atom. The van der Waals surface area contributed by atoms with Gasteiger partial charge in [-0.15, -0.1) is 0 Å². The molecule has 0 spiro atoms. The first kappa shape index (κ1) is 17.6. The molecule has 0 unspecified atom stereocenters. The van der Waals surface area contributed by atoms with Crippen molar-refractivity contribution in [2.75, 3.05) is 13.7 Å². The number of ether oxygens (including phenoxy) is 2. The van der Waals surface area contributed by atoms with E-state index < -0.39 is 0 Å². The molecular formula is C17H17BrClNO3. The zero-order valence-corrected chi connectivity index (χ0v) is 15.1. The topological polar surface area (TPSA) is 47.6 Å². The van der Waals surface area contributed by atoms with Crippen LogP contribution in [0.1, 0.15) is 18.5 Å². The molecule has 2 rings (SSSR count). The Bertz CT molecular complexity index is 693. The first-order valence-corrected chi connectivity index (χ1v) is 8.18. The SMILES string of the molecule is COc1ccc([C@@H](C)NC(=O)COc2cccc(Cl)c2)cc1Br. The van der Waals surface area contributed by atoms with Gasteiger partial charge in [-0.1, -0.05) is 23.7 Å². The van der Waals surface area contributed by atoms with Crippen molar-refractivity contribution >= 4 is 33.4 Å². The van der Waals surface area contributed by atoms with Gasteiger partial charge < -0.3 is 14.8 Å². The van der Waals surface area contributed by atoms with E-state index in [1.807, 2.05) is 25.1 Å². The molecule has 1 N–H and O–H groups in total. The third-order valence-corrected chi connectivity index (χ3v) is 4.07. The predicted octanol–water partition coefficient (Wildman–Crippen LogP) is 4.37. The van der Waals surface area contributed by atoms with Crippen LogP contribution >= 0.6 is 27.5 Å². The Hall–Kier alpha value is -1.72. The van der Waals surface area contributed by atoms with Gasteiger partial charge in [-0.05, 0) is 58.7 Å². The van der Waals surface area contributed by atoms with Crippen molar-refractivity contribution in [3.8, 4) is 11.5 Å². The molecule has 0 heterocycles. The average Bonchev–Trinajstić information content (AvgIpc) is 2.53. The molecule has 0 aliphatic carbocycles. The molecule has 2 aromatic rings. The lowest BCUT2D eigenvalue weighted by Gasteiger charge is -2.16. The molecule has 0 aromatic heterocycles. The molecular weight excluding hydrogens is 382 g/mol. The first-order valence-electron chi connectivity index (χ1n) is 7.00. The highest BCUT2D eigenvalue weighted by atomic mass is 79.9. The van der Waals surface area contributed by atoms with E-state index >= 15 is 0 Å². The number of hydrogen-bond acceptors (Lipinski definition) is 3. The van der Waals surface area contributed by atoms with Gasteiger partial charge in [0.2, 0.25) is 0 Å². The summed E-state index contributed by atoms with van der Waals surface area (Å²) in [5.74, 6) is 1.11. The van der Waals surface area contributed by atoms with E-state index in [1.165, 1.54) is 0 Å². The lowest BCUT2D eigenvalue weighted by Crippen LogP contribution is -2.31. The highest BCUT2D eigenvalue weighted by Gasteiger charge is 2.12. The van der Waals surface area contributed by atoms with Gasteiger partial charge in [-0.3, -0.25) is 4.79 Å². The molecule has 23 heavy (non-hydrogen) atoms. The van der Waals surface area contributed by atoms with Gasteiger partial charge >= 0.3 is 0 Å². The van der Waals surface area contributed by atoms with Crippen LogP contribution in [0.4, 0.5) is 0 Å². The normalized spacial score (nSPS) is 11.7. The van der Waals surface area contributed by atoms with Crippen molar-refractivity contribution in [2.24, 2.45) is 0 Å². The molecule has 122 valence electrons. The van der Waals surface area contributed by atoms with Crippen LogP contribution in [-0.4, -0.2) is 19.6 Å². The van der Waals surface area contributed by atoms with E-state index in [1.54, 1.807) is 31.4 Å². The molecule has 0 saturated carbocycles. The summed E-state index contributed by atoms with van der Waals surface area (Å²) in [4.78, 5) is 12.0. The van der Waals surface area contributed by atoms with Crippen LogP contribution in [0, 0.1) is 0 Å². The van der Waals surface area contributed by atoms with Crippen molar-refractivity contribution in [3.05, 3.63) is 57.5 Å². The Morgan fingerprint density at radius 2 is 2.09 bits per heavy atom. The molecule has 0 fully saturated rings. The standard InChI is InChI=1S/C17H17BrClNO3/c1-11(12-6-7-16(22-2)15(18)8-12)20-17(21)10-23-14-5-3-4-13(19)9-14/h3-9,11H,10H2,1-2H3,(H,20,21)/t11-/m1/s1. The number of carbonyl (C=O) groups is 1. The Labute approximate surface area is 148 Å². The van der Waals surface area contributed by atoms with Gasteiger partial charge in [-0.2, -0.15) is 0 Å². The first-order chi connectivity index (χ1) is 11.0. The minimum Gasteiger partial charge on any atom is -0.496 e. The maximum Gasteiger partial charge on any atom is 0.258 e. The van der Waals surface area contributed by atoms with Crippen LogP contribution in [0.5, 0.6) is 11.5 Å². The van der Waals surface area contributed by atoms with Crippen LogP contribution in [0.25, 0.3) is 0 Å². The molecule has 0 bridgehead atoms. The highest BCUT2D eigenvalue weighted by Crippen LogP contribution is 2.28. The van der Waals surface area contributed by atoms with E-state index in [4.69, 9.17) is 21.1 Å². The van der Waals surface area contributed by atoms with E-state index in [0.717, 1.165) is 15.8 Å². The summed E-state index contributed by atoms with van der Waals surface area (Å²) in [6.45, 7) is 1.84. The number of carbonyl (C=O) groups excluding carboxylic acids is 1. The summed E-state index contributed by atoms with van der Waals surface area (Å²) in [6.07, 6.45) is 0. The smallest absolute Gasteiger partial charge is 0.258 e. The molecule has 1 atom stereocenters. The fourth-order valence-electron chi connectivity index (χ4n) is 2.02. The molecule has 2 aromatic carbocycles. The summed E-state index contributed by atoms with van der Waals surface area (Å²) in [5.41, 5.74) is 0.966. The summed E-state index contributed by atoms with van der Waals surface area (Å²) >= 11 is 9.30. The average molecular weight is 399 g/mol. The molecule has 0 radical (unpaired) electrons. The predicted molar refractivity (Wildman–Crippen MR) is 94.2 cm³/mol. The zero-order chi connectivity index (χ0) is 16.8. The van der Waals surface area contributed by atoms with Crippen LogP contribution in [0.3, 0.4) is 0 Å². The molecule has 4 nitrogen and oxygen atoms in total. The van der Waals surface area contributed by atoms with Gasteiger partial charge in [0.05, 0.1) is 17.6 Å². The molecule has 0 aliphatic heterocycles. The number of methoxy groups -OCH3 is 1. The molecule has 0 aliphatic rings.